The smallest absolute Gasteiger partial charge is 0.436 e. The van der Waals surface area contributed by atoms with Crippen molar-refractivity contribution < 1.29 is 33.8 Å². The third-order valence-electron chi connectivity index (χ3n) is 2.17. The Balaban J connectivity index is 3.28. The summed E-state index contributed by atoms with van der Waals surface area (Å²) in [6.07, 6.45) is -2.58. The van der Waals surface area contributed by atoms with E-state index in [4.69, 9.17) is 4.74 Å². The van der Waals surface area contributed by atoms with E-state index in [9.17, 15) is 24.3 Å². The van der Waals surface area contributed by atoms with Crippen LogP contribution >= 0.6 is 11.3 Å². The molecule has 0 atom stereocenters. The minimum Gasteiger partial charge on any atom is -0.464 e. The summed E-state index contributed by atoms with van der Waals surface area (Å²) in [5, 5.41) is 10.3. The summed E-state index contributed by atoms with van der Waals surface area (Å²) < 4.78 is 9.93. The highest BCUT2D eigenvalue weighted by atomic mass is 32.1. The molecule has 0 saturated carbocycles. The first-order valence-corrected chi connectivity index (χ1v) is 7.37. The maximum atomic E-state index is 11.9. The molecule has 1 amide bonds. The summed E-state index contributed by atoms with van der Waals surface area (Å²) in [7, 11) is 0. The lowest BCUT2D eigenvalue weighted by Crippen LogP contribution is -2.30. The fraction of sp³-hybridized carbons (Fsp3) is 0.462. The van der Waals surface area contributed by atoms with Crippen molar-refractivity contribution >= 4 is 35.3 Å². The Hall–Kier alpha value is -2.49. The summed E-state index contributed by atoms with van der Waals surface area (Å²) in [5.74, 6) is -2.33. The molecule has 0 radical (unpaired) electrons. The lowest BCUT2D eigenvalue weighted by atomic mass is 10.2. The number of Topliss-reactive ketones (excluding diaryl/α,β-unsaturated/α-hetero) is 1. The van der Waals surface area contributed by atoms with Gasteiger partial charge >= 0.3 is 18.2 Å². The van der Waals surface area contributed by atoms with Crippen molar-refractivity contribution in [3.05, 3.63) is 15.9 Å². The Kier molecular flexibility index (Phi) is 5.79. The van der Waals surface area contributed by atoms with Crippen molar-refractivity contribution in [3.63, 3.8) is 0 Å². The Morgan fingerprint density at radius 2 is 1.91 bits per heavy atom. The van der Waals surface area contributed by atoms with Crippen molar-refractivity contribution in [2.24, 2.45) is 4.99 Å². The number of ether oxygens (including phenoxy) is 2. The second-order valence-electron chi connectivity index (χ2n) is 5.16. The highest BCUT2D eigenvalue weighted by Gasteiger charge is 2.26. The standard InChI is InChI=1S/C13H16N2O7S/c1-5-21-9(17)8(16)7-6-23-10(15(7)12(19)20)14-11(18)22-13(2,3)4/h6H,5H2,1-4H3,(H,19,20)/b14-10-. The van der Waals surface area contributed by atoms with Crippen molar-refractivity contribution in [1.29, 1.82) is 0 Å². The first kappa shape index (κ1) is 18.6. The fourth-order valence-corrected chi connectivity index (χ4v) is 2.24. The summed E-state index contributed by atoms with van der Waals surface area (Å²) >= 11 is 0.709. The van der Waals surface area contributed by atoms with Crippen LogP contribution in [-0.2, 0) is 14.3 Å². The minimum atomic E-state index is -1.57. The summed E-state index contributed by atoms with van der Waals surface area (Å²) in [6, 6.07) is 0. The van der Waals surface area contributed by atoms with Crippen LogP contribution in [-0.4, -0.2) is 45.8 Å². The van der Waals surface area contributed by atoms with E-state index in [1.54, 1.807) is 20.8 Å². The number of esters is 1. The number of carbonyl (C=O) groups is 4. The van der Waals surface area contributed by atoms with Gasteiger partial charge in [-0.05, 0) is 27.7 Å². The average molecular weight is 344 g/mol. The molecule has 0 bridgehead atoms. The molecule has 1 heterocycles. The minimum absolute atomic E-state index is 0.0308. The van der Waals surface area contributed by atoms with E-state index < -0.39 is 35.2 Å². The van der Waals surface area contributed by atoms with E-state index in [1.807, 2.05) is 0 Å². The zero-order chi connectivity index (χ0) is 17.8. The Bertz CT molecular complexity index is 709. The number of amides is 1. The molecule has 1 rings (SSSR count). The van der Waals surface area contributed by atoms with Gasteiger partial charge in [0, 0.05) is 5.38 Å². The Morgan fingerprint density at radius 1 is 1.30 bits per heavy atom. The van der Waals surface area contributed by atoms with Crippen LogP contribution in [0.25, 0.3) is 0 Å². The van der Waals surface area contributed by atoms with Crippen LogP contribution in [0.3, 0.4) is 0 Å². The molecule has 9 nitrogen and oxygen atoms in total. The third kappa shape index (κ3) is 5.02. The molecule has 1 aromatic heterocycles. The highest BCUT2D eigenvalue weighted by Crippen LogP contribution is 2.09. The SMILES string of the molecule is CCOC(=O)C(=O)c1cs/c(=N\C(=O)OC(C)(C)C)n1C(=O)O. The summed E-state index contributed by atoms with van der Waals surface area (Å²) in [6.45, 7) is 6.34. The van der Waals surface area contributed by atoms with Gasteiger partial charge in [0.2, 0.25) is 4.80 Å². The predicted octanol–water partition coefficient (Wildman–Crippen LogP) is 1.66. The zero-order valence-corrected chi connectivity index (χ0v) is 13.8. The molecule has 10 heteroatoms. The lowest BCUT2D eigenvalue weighted by Gasteiger charge is -2.16. The van der Waals surface area contributed by atoms with Crippen molar-refractivity contribution in [2.45, 2.75) is 33.3 Å². The van der Waals surface area contributed by atoms with Gasteiger partial charge in [-0.2, -0.15) is 0 Å². The molecule has 0 saturated heterocycles. The molecule has 0 spiro atoms. The molecular weight excluding hydrogens is 328 g/mol. The Morgan fingerprint density at radius 3 is 2.39 bits per heavy atom. The van der Waals surface area contributed by atoms with E-state index in [2.05, 4.69) is 9.73 Å². The van der Waals surface area contributed by atoms with Crippen LogP contribution in [0, 0.1) is 0 Å². The quantitative estimate of drug-likeness (QED) is 0.502. The monoisotopic (exact) mass is 344 g/mol. The maximum absolute atomic E-state index is 11.9. The highest BCUT2D eigenvalue weighted by molar-refractivity contribution is 7.07. The van der Waals surface area contributed by atoms with Crippen LogP contribution in [0.15, 0.2) is 10.4 Å². The molecule has 0 aliphatic heterocycles. The average Bonchev–Trinajstić information content (AvgIpc) is 2.79. The van der Waals surface area contributed by atoms with Gasteiger partial charge in [-0.25, -0.2) is 19.0 Å². The normalized spacial score (nSPS) is 11.9. The van der Waals surface area contributed by atoms with Crippen LogP contribution in [0.4, 0.5) is 9.59 Å². The van der Waals surface area contributed by atoms with E-state index in [-0.39, 0.29) is 11.4 Å². The van der Waals surface area contributed by atoms with Gasteiger partial charge in [0.15, 0.2) is 0 Å². The molecule has 0 unspecified atom stereocenters. The topological polar surface area (TPSA) is 124 Å². The molecule has 0 fully saturated rings. The number of carboxylic acid groups (broad SMARTS) is 1. The van der Waals surface area contributed by atoms with Gasteiger partial charge in [0.05, 0.1) is 6.61 Å². The molecule has 126 valence electrons. The summed E-state index contributed by atoms with van der Waals surface area (Å²) in [4.78, 5) is 49.5. The van der Waals surface area contributed by atoms with Crippen molar-refractivity contribution in [3.8, 4) is 0 Å². The second-order valence-corrected chi connectivity index (χ2v) is 6.00. The van der Waals surface area contributed by atoms with Crippen molar-refractivity contribution in [1.82, 2.24) is 4.57 Å². The van der Waals surface area contributed by atoms with E-state index in [1.165, 1.54) is 6.92 Å². The first-order valence-electron chi connectivity index (χ1n) is 6.49. The van der Waals surface area contributed by atoms with Crippen molar-refractivity contribution in [2.75, 3.05) is 6.61 Å². The number of rotatable bonds is 3. The molecule has 1 aromatic rings. The fourth-order valence-electron chi connectivity index (χ4n) is 1.40. The van der Waals surface area contributed by atoms with Gasteiger partial charge < -0.3 is 14.6 Å². The number of ketones is 1. The maximum Gasteiger partial charge on any atom is 0.436 e. The molecule has 0 aromatic carbocycles. The number of hydrogen-bond acceptors (Lipinski definition) is 7. The first-order chi connectivity index (χ1) is 10.6. The largest absolute Gasteiger partial charge is 0.464 e. The molecule has 1 N–H and O–H groups in total. The molecule has 23 heavy (non-hydrogen) atoms. The number of aromatic nitrogens is 1. The number of carbonyl (C=O) groups excluding carboxylic acids is 3. The van der Waals surface area contributed by atoms with Crippen LogP contribution < -0.4 is 4.80 Å². The van der Waals surface area contributed by atoms with E-state index in [0.29, 0.717) is 15.9 Å². The van der Waals surface area contributed by atoms with E-state index in [0.717, 1.165) is 5.38 Å². The summed E-state index contributed by atoms with van der Waals surface area (Å²) in [5.41, 5.74) is -1.27. The third-order valence-corrected chi connectivity index (χ3v) is 3.00. The van der Waals surface area contributed by atoms with Gasteiger partial charge in [-0.1, -0.05) is 0 Å². The zero-order valence-electron chi connectivity index (χ0n) is 13.0. The van der Waals surface area contributed by atoms with Gasteiger partial charge in [-0.3, -0.25) is 4.79 Å². The number of hydrogen-bond donors (Lipinski definition) is 1. The molecular formula is C13H16N2O7S. The second kappa shape index (κ2) is 7.18. The van der Waals surface area contributed by atoms with Gasteiger partial charge in [0.1, 0.15) is 11.3 Å². The molecule has 0 aliphatic rings. The molecule has 0 aliphatic carbocycles. The van der Waals surface area contributed by atoms with Gasteiger partial charge in [-0.15, -0.1) is 16.3 Å². The number of nitrogens with zero attached hydrogens (tertiary/aromatic N) is 2. The predicted molar refractivity (Wildman–Crippen MR) is 78.5 cm³/mol. The lowest BCUT2D eigenvalue weighted by molar-refractivity contribution is -0.137. The number of thiazole rings is 1. The van der Waals surface area contributed by atoms with Crippen LogP contribution in [0.1, 0.15) is 38.2 Å². The van der Waals surface area contributed by atoms with Crippen LogP contribution in [0.2, 0.25) is 0 Å². The van der Waals surface area contributed by atoms with E-state index >= 15 is 0 Å². The van der Waals surface area contributed by atoms with Crippen LogP contribution in [0.5, 0.6) is 0 Å². The Labute approximate surface area is 135 Å². The van der Waals surface area contributed by atoms with Gasteiger partial charge in [0.25, 0.3) is 5.78 Å².